The second-order valence-electron chi connectivity index (χ2n) is 10.4. The molecule has 3 aromatic rings. The average molecular weight is 535 g/mol. The number of fused-ring (bicyclic) bond motifs is 1. The van der Waals surface area contributed by atoms with E-state index in [1.807, 2.05) is 0 Å². The zero-order valence-electron chi connectivity index (χ0n) is 20.7. The molecule has 38 heavy (non-hydrogen) atoms. The standard InChI is InChI=1S/C24H29F3N8O3/c1-12-2-4-13(5-3-12)19(31-23(37)20-21(28)34-38-33-20)17-11-35-18(30-17)7-6-16(32-35)9-14-8-15(24(25,26)27)10-29-22(14)36/h6-7,11-15,19H,2-5,8-10H2,1H3,(H2,28,34)(H,29,36)(H,31,37)/t12?,13?,14?,15-,19+/m1/s1. The summed E-state index contributed by atoms with van der Waals surface area (Å²) in [5.74, 6) is -2.75. The van der Waals surface area contributed by atoms with E-state index in [4.69, 9.17) is 5.73 Å². The van der Waals surface area contributed by atoms with Crippen molar-refractivity contribution in [3.05, 3.63) is 35.4 Å². The van der Waals surface area contributed by atoms with Crippen molar-refractivity contribution in [1.82, 2.24) is 35.5 Å². The second-order valence-corrected chi connectivity index (χ2v) is 10.4. The lowest BCUT2D eigenvalue weighted by Crippen LogP contribution is -2.47. The van der Waals surface area contributed by atoms with Crippen LogP contribution in [0.4, 0.5) is 19.0 Å². The minimum Gasteiger partial charge on any atom is -0.379 e. The third kappa shape index (κ3) is 5.43. The van der Waals surface area contributed by atoms with Gasteiger partial charge in [0.25, 0.3) is 5.91 Å². The van der Waals surface area contributed by atoms with Crippen LogP contribution in [-0.4, -0.2) is 49.4 Å². The summed E-state index contributed by atoms with van der Waals surface area (Å²) in [4.78, 5) is 29.9. The monoisotopic (exact) mass is 534 g/mol. The maximum atomic E-state index is 13.2. The average Bonchev–Trinajstić information content (AvgIpc) is 3.49. The molecule has 1 saturated carbocycles. The lowest BCUT2D eigenvalue weighted by molar-refractivity contribution is -0.183. The Kier molecular flexibility index (Phi) is 6.97. The number of nitrogens with two attached hydrogens (primary N) is 1. The predicted molar refractivity (Wildman–Crippen MR) is 127 cm³/mol. The van der Waals surface area contributed by atoms with Crippen LogP contribution in [0.3, 0.4) is 0 Å². The minimum atomic E-state index is -4.37. The van der Waals surface area contributed by atoms with Crippen LogP contribution < -0.4 is 16.4 Å². The number of rotatable bonds is 6. The number of hydrogen-bond acceptors (Lipinski definition) is 8. The number of alkyl halides is 3. The van der Waals surface area contributed by atoms with Gasteiger partial charge in [-0.15, -0.1) is 0 Å². The lowest BCUT2D eigenvalue weighted by Gasteiger charge is -2.32. The summed E-state index contributed by atoms with van der Waals surface area (Å²) in [6, 6.07) is 2.91. The smallest absolute Gasteiger partial charge is 0.379 e. The molecular formula is C24H29F3N8O3. The molecule has 4 N–H and O–H groups in total. The van der Waals surface area contributed by atoms with E-state index in [0.717, 1.165) is 25.7 Å². The number of piperidine rings is 1. The fraction of sp³-hybridized carbons (Fsp3) is 0.583. The normalized spacial score (nSPS) is 25.2. The molecule has 2 fully saturated rings. The Bertz CT molecular complexity index is 1310. The molecule has 0 spiro atoms. The predicted octanol–water partition coefficient (Wildman–Crippen LogP) is 2.85. The molecule has 2 amide bonds. The Hall–Kier alpha value is -3.71. The summed E-state index contributed by atoms with van der Waals surface area (Å²) >= 11 is 0. The van der Waals surface area contributed by atoms with E-state index in [1.165, 1.54) is 4.52 Å². The van der Waals surface area contributed by atoms with Gasteiger partial charge in [0.1, 0.15) is 0 Å². The van der Waals surface area contributed by atoms with E-state index in [9.17, 15) is 22.8 Å². The molecule has 1 unspecified atom stereocenters. The van der Waals surface area contributed by atoms with Crippen molar-refractivity contribution >= 4 is 23.3 Å². The number of hydrogen-bond donors (Lipinski definition) is 3. The Morgan fingerprint density at radius 1 is 1.26 bits per heavy atom. The molecule has 4 heterocycles. The van der Waals surface area contributed by atoms with Crippen molar-refractivity contribution in [2.75, 3.05) is 12.3 Å². The highest BCUT2D eigenvalue weighted by Crippen LogP contribution is 2.37. The molecule has 1 aliphatic heterocycles. The molecule has 11 nitrogen and oxygen atoms in total. The van der Waals surface area contributed by atoms with E-state index in [0.29, 0.717) is 23.0 Å². The molecule has 0 radical (unpaired) electrons. The first-order valence-electron chi connectivity index (χ1n) is 12.7. The van der Waals surface area contributed by atoms with Gasteiger partial charge in [0.05, 0.1) is 29.5 Å². The Morgan fingerprint density at radius 3 is 2.71 bits per heavy atom. The highest BCUT2D eigenvalue weighted by Gasteiger charge is 2.44. The SMILES string of the molecule is CC1CCC([C@H](NC(=O)c2nonc2N)c2cn3nc(CC4C[C@@H](C(F)(F)F)CNC4=O)ccc3n2)CC1. The fourth-order valence-electron chi connectivity index (χ4n) is 5.39. The fourth-order valence-corrected chi connectivity index (χ4v) is 5.39. The summed E-state index contributed by atoms with van der Waals surface area (Å²) in [5.41, 5.74) is 7.16. The molecule has 2 aliphatic rings. The maximum absolute atomic E-state index is 13.2. The van der Waals surface area contributed by atoms with Crippen LogP contribution in [-0.2, 0) is 11.2 Å². The van der Waals surface area contributed by atoms with Crippen molar-refractivity contribution in [3.8, 4) is 0 Å². The summed E-state index contributed by atoms with van der Waals surface area (Å²) in [6.45, 7) is 1.80. The first-order chi connectivity index (χ1) is 18.1. The van der Waals surface area contributed by atoms with Gasteiger partial charge in [-0.2, -0.15) is 18.3 Å². The Balaban J connectivity index is 1.38. The van der Waals surface area contributed by atoms with E-state index >= 15 is 0 Å². The summed E-state index contributed by atoms with van der Waals surface area (Å²) in [7, 11) is 0. The quantitative estimate of drug-likeness (QED) is 0.436. The number of nitrogen functional groups attached to an aromatic ring is 1. The highest BCUT2D eigenvalue weighted by atomic mass is 19.4. The molecule has 1 aliphatic carbocycles. The van der Waals surface area contributed by atoms with Crippen LogP contribution in [0.15, 0.2) is 23.0 Å². The zero-order valence-corrected chi connectivity index (χ0v) is 20.7. The van der Waals surface area contributed by atoms with Crippen LogP contribution in [0.2, 0.25) is 0 Å². The number of amides is 2. The van der Waals surface area contributed by atoms with Crippen molar-refractivity contribution in [3.63, 3.8) is 0 Å². The summed E-state index contributed by atoms with van der Waals surface area (Å²) < 4.78 is 45.7. The highest BCUT2D eigenvalue weighted by molar-refractivity contribution is 5.96. The van der Waals surface area contributed by atoms with E-state index < -0.39 is 42.4 Å². The maximum Gasteiger partial charge on any atom is 0.393 e. The number of carbonyl (C=O) groups is 2. The number of nitrogens with zero attached hydrogens (tertiary/aromatic N) is 5. The third-order valence-electron chi connectivity index (χ3n) is 7.64. The van der Waals surface area contributed by atoms with Gasteiger partial charge in [-0.1, -0.05) is 19.8 Å². The molecule has 0 bridgehead atoms. The van der Waals surface area contributed by atoms with Gasteiger partial charge < -0.3 is 16.4 Å². The van der Waals surface area contributed by atoms with Crippen LogP contribution in [0.5, 0.6) is 0 Å². The van der Waals surface area contributed by atoms with Gasteiger partial charge in [0.2, 0.25) is 17.4 Å². The van der Waals surface area contributed by atoms with Crippen LogP contribution in [0, 0.1) is 23.7 Å². The summed E-state index contributed by atoms with van der Waals surface area (Å²) in [6.07, 6.45) is 0.938. The molecular weight excluding hydrogens is 505 g/mol. The van der Waals surface area contributed by atoms with E-state index in [1.54, 1.807) is 18.3 Å². The Labute approximate surface area is 215 Å². The van der Waals surface area contributed by atoms with Crippen LogP contribution in [0.1, 0.15) is 66.9 Å². The number of nitrogens with one attached hydrogen (secondary N) is 2. The Morgan fingerprint density at radius 2 is 2.03 bits per heavy atom. The van der Waals surface area contributed by atoms with Crippen LogP contribution in [0.25, 0.3) is 5.65 Å². The van der Waals surface area contributed by atoms with Crippen molar-refractivity contribution < 1.29 is 27.4 Å². The number of halogens is 3. The van der Waals surface area contributed by atoms with Gasteiger partial charge in [-0.3, -0.25) is 9.59 Å². The lowest BCUT2D eigenvalue weighted by atomic mass is 9.78. The summed E-state index contributed by atoms with van der Waals surface area (Å²) in [5, 5.41) is 16.9. The topological polar surface area (TPSA) is 153 Å². The molecule has 3 atom stereocenters. The molecule has 5 rings (SSSR count). The number of carbonyl (C=O) groups excluding carboxylic acids is 2. The molecule has 204 valence electrons. The van der Waals surface area contributed by atoms with Gasteiger partial charge in [-0.05, 0) is 53.5 Å². The third-order valence-corrected chi connectivity index (χ3v) is 7.64. The van der Waals surface area contributed by atoms with Crippen molar-refractivity contribution in [2.45, 2.75) is 57.7 Å². The van der Waals surface area contributed by atoms with Gasteiger partial charge >= 0.3 is 6.18 Å². The second kappa shape index (κ2) is 10.2. The van der Waals surface area contributed by atoms with E-state index in [2.05, 4.69) is 42.6 Å². The molecule has 14 heteroatoms. The van der Waals surface area contributed by atoms with Crippen molar-refractivity contribution in [2.24, 2.45) is 23.7 Å². The molecule has 3 aromatic heterocycles. The first kappa shape index (κ1) is 25.9. The number of aromatic nitrogens is 5. The van der Waals surface area contributed by atoms with E-state index in [-0.39, 0.29) is 30.3 Å². The van der Waals surface area contributed by atoms with Gasteiger partial charge in [-0.25, -0.2) is 14.1 Å². The van der Waals surface area contributed by atoms with Gasteiger partial charge in [0.15, 0.2) is 5.65 Å². The number of anilines is 1. The number of imidazole rings is 1. The largest absolute Gasteiger partial charge is 0.393 e. The molecule has 0 aromatic carbocycles. The zero-order chi connectivity index (χ0) is 27.0. The minimum absolute atomic E-state index is 0.0704. The van der Waals surface area contributed by atoms with Crippen LogP contribution >= 0.6 is 0 Å². The van der Waals surface area contributed by atoms with Crippen molar-refractivity contribution in [1.29, 1.82) is 0 Å². The molecule has 1 saturated heterocycles. The first-order valence-corrected chi connectivity index (χ1v) is 12.7. The van der Waals surface area contributed by atoms with Gasteiger partial charge in [0, 0.05) is 18.9 Å².